The Balaban J connectivity index is 0.00000133. The third-order valence-corrected chi connectivity index (χ3v) is 11.8. The average Bonchev–Trinajstić information content (AvgIpc) is 4.00. The number of nitrogens with zero attached hydrogens (tertiary/aromatic N) is 4. The van der Waals surface area contributed by atoms with Crippen molar-refractivity contribution in [3.05, 3.63) is 182 Å². The number of hydrogen-bond donors (Lipinski definition) is 0. The van der Waals surface area contributed by atoms with Crippen LogP contribution >= 0.6 is 0 Å². The molecule has 0 atom stereocenters. The lowest BCUT2D eigenvalue weighted by molar-refractivity contribution is 0.669. The number of hydrogen-bond acceptors (Lipinski definition) is 5. The molecule has 0 aliphatic rings. The summed E-state index contributed by atoms with van der Waals surface area (Å²) >= 11 is 0. The Morgan fingerprint density at radius 2 is 1.06 bits per heavy atom. The van der Waals surface area contributed by atoms with Gasteiger partial charge in [0, 0.05) is 54.6 Å². The van der Waals surface area contributed by atoms with Crippen molar-refractivity contribution < 1.29 is 8.83 Å². The maximum atomic E-state index is 6.83. The maximum Gasteiger partial charge on any atom is 0.238 e. The first-order chi connectivity index (χ1) is 30.6. The summed E-state index contributed by atoms with van der Waals surface area (Å²) in [6, 6.07) is 63.3. The highest BCUT2D eigenvalue weighted by molar-refractivity contribution is 6.23. The van der Waals surface area contributed by atoms with E-state index in [1.165, 1.54) is 17.2 Å². The lowest BCUT2D eigenvalue weighted by Gasteiger charge is -2.13. The first kappa shape index (κ1) is 35.8. The van der Waals surface area contributed by atoms with Crippen molar-refractivity contribution in [2.24, 2.45) is 0 Å². The van der Waals surface area contributed by atoms with E-state index in [1.807, 2.05) is 54.6 Å². The number of rotatable bonds is 4. The predicted molar refractivity (Wildman–Crippen MR) is 256 cm³/mol. The zero-order valence-corrected chi connectivity index (χ0v) is 34.1. The van der Waals surface area contributed by atoms with Crippen molar-refractivity contribution in [2.45, 2.75) is 20.3 Å². The summed E-state index contributed by atoms with van der Waals surface area (Å²) in [5.41, 5.74) is 9.06. The molecule has 0 bridgehead atoms. The molecule has 9 aromatic carbocycles. The van der Waals surface area contributed by atoms with E-state index in [1.54, 1.807) is 0 Å². The molecule has 4 aromatic heterocycles. The van der Waals surface area contributed by atoms with Gasteiger partial charge in [0.05, 0.1) is 11.0 Å². The minimum absolute atomic E-state index is 0.518. The van der Waals surface area contributed by atoms with E-state index in [0.29, 0.717) is 17.6 Å². The maximum absolute atomic E-state index is 6.83. The van der Waals surface area contributed by atoms with Crippen LogP contribution in [0.2, 0.25) is 0 Å². The Bertz CT molecular complexity index is 3880. The SMILES string of the molecule is CCC.c1ccc(-c2nc(-c3ccc4c(c3)oc3ccccc34)nc(-n3c4cc5ccccc5cc4c4cccc(-c5cccc6c5oc5ccc7ccccc7c56)c43)n2)cc1. The van der Waals surface area contributed by atoms with Gasteiger partial charge in [0.2, 0.25) is 5.95 Å². The lowest BCUT2D eigenvalue weighted by atomic mass is 9.98. The Morgan fingerprint density at radius 1 is 0.419 bits per heavy atom. The quantitative estimate of drug-likeness (QED) is 0.177. The fourth-order valence-corrected chi connectivity index (χ4v) is 9.13. The molecular formula is C56H38N4O2. The summed E-state index contributed by atoms with van der Waals surface area (Å²) in [5.74, 6) is 1.65. The molecular weight excluding hydrogens is 761 g/mol. The second-order valence-electron chi connectivity index (χ2n) is 15.9. The van der Waals surface area contributed by atoms with Crippen LogP contribution in [0.15, 0.2) is 191 Å². The molecule has 0 radical (unpaired) electrons. The van der Waals surface area contributed by atoms with E-state index >= 15 is 0 Å². The number of fused-ring (bicyclic) bond motifs is 12. The molecule has 0 aliphatic carbocycles. The first-order valence-corrected chi connectivity index (χ1v) is 21.2. The lowest BCUT2D eigenvalue weighted by Crippen LogP contribution is -2.07. The summed E-state index contributed by atoms with van der Waals surface area (Å²) in [7, 11) is 0. The molecule has 0 saturated heterocycles. The van der Waals surface area contributed by atoms with Gasteiger partial charge in [-0.1, -0.05) is 166 Å². The monoisotopic (exact) mass is 798 g/mol. The standard InChI is InChI=1S/C53H30N4O2.C3H8/c1-2-13-32(14-3-1)51-54-52(35-24-26-38-37-18-8-9-23-45(37)58-47(38)30-35)56-53(55-51)57-44-29-34-16-5-4-15-33(34)28-43(44)40-20-10-19-39(49(40)57)41-21-11-22-42-48-36-17-7-6-12-31(36)25-27-46(48)59-50(41)42;1-3-2/h1-30H;3H2,1-2H3. The number of aromatic nitrogens is 4. The van der Waals surface area contributed by atoms with Crippen LogP contribution in [0.1, 0.15) is 20.3 Å². The van der Waals surface area contributed by atoms with Gasteiger partial charge in [-0.25, -0.2) is 4.98 Å². The third-order valence-electron chi connectivity index (χ3n) is 11.8. The molecule has 0 N–H and O–H groups in total. The predicted octanol–water partition coefficient (Wildman–Crippen LogP) is 15.5. The van der Waals surface area contributed by atoms with Crippen LogP contribution in [-0.2, 0) is 0 Å². The Hall–Kier alpha value is -8.09. The topological polar surface area (TPSA) is 69.9 Å². The highest BCUT2D eigenvalue weighted by atomic mass is 16.3. The van der Waals surface area contributed by atoms with Gasteiger partial charge >= 0.3 is 0 Å². The molecule has 0 unspecified atom stereocenters. The summed E-state index contributed by atoms with van der Waals surface area (Å²) in [6.45, 7) is 4.25. The Kier molecular flexibility index (Phi) is 8.25. The Morgan fingerprint density at radius 3 is 1.89 bits per heavy atom. The van der Waals surface area contributed by atoms with E-state index in [0.717, 1.165) is 98.7 Å². The van der Waals surface area contributed by atoms with E-state index in [2.05, 4.69) is 146 Å². The fourth-order valence-electron chi connectivity index (χ4n) is 9.13. The summed E-state index contributed by atoms with van der Waals surface area (Å²) in [6.07, 6.45) is 1.25. The van der Waals surface area contributed by atoms with Crippen molar-refractivity contribution >= 4 is 87.2 Å². The van der Waals surface area contributed by atoms with Gasteiger partial charge in [-0.05, 0) is 57.9 Å². The summed E-state index contributed by atoms with van der Waals surface area (Å²) in [4.78, 5) is 15.8. The van der Waals surface area contributed by atoms with Gasteiger partial charge in [-0.2, -0.15) is 9.97 Å². The van der Waals surface area contributed by atoms with Gasteiger partial charge in [-0.3, -0.25) is 4.57 Å². The van der Waals surface area contributed by atoms with Crippen LogP contribution in [0.5, 0.6) is 0 Å². The van der Waals surface area contributed by atoms with Crippen molar-refractivity contribution in [1.29, 1.82) is 0 Å². The molecule has 0 spiro atoms. The zero-order valence-electron chi connectivity index (χ0n) is 34.1. The summed E-state index contributed by atoms with van der Waals surface area (Å²) < 4.78 is 15.4. The van der Waals surface area contributed by atoms with Gasteiger partial charge in [-0.15, -0.1) is 0 Å². The number of furan rings is 2. The Labute approximate surface area is 356 Å². The van der Waals surface area contributed by atoms with Crippen LogP contribution in [0.4, 0.5) is 0 Å². The van der Waals surface area contributed by atoms with Crippen molar-refractivity contribution in [1.82, 2.24) is 19.5 Å². The molecule has 0 fully saturated rings. The molecule has 0 aliphatic heterocycles. The number of benzene rings is 9. The van der Waals surface area contributed by atoms with Crippen molar-refractivity contribution in [3.63, 3.8) is 0 Å². The highest BCUT2D eigenvalue weighted by Gasteiger charge is 2.23. The van der Waals surface area contributed by atoms with E-state index in [9.17, 15) is 0 Å². The average molecular weight is 799 g/mol. The zero-order chi connectivity index (χ0) is 41.3. The third kappa shape index (κ3) is 5.61. The van der Waals surface area contributed by atoms with Crippen LogP contribution in [0.25, 0.3) is 127 Å². The molecule has 13 aromatic rings. The van der Waals surface area contributed by atoms with Crippen LogP contribution in [0, 0.1) is 0 Å². The normalized spacial score (nSPS) is 11.8. The largest absolute Gasteiger partial charge is 0.456 e. The van der Waals surface area contributed by atoms with Gasteiger partial charge in [0.15, 0.2) is 11.6 Å². The first-order valence-electron chi connectivity index (χ1n) is 21.2. The van der Waals surface area contributed by atoms with Crippen molar-refractivity contribution in [2.75, 3.05) is 0 Å². The molecule has 0 saturated carbocycles. The molecule has 62 heavy (non-hydrogen) atoms. The van der Waals surface area contributed by atoms with Crippen LogP contribution in [-0.4, -0.2) is 19.5 Å². The second-order valence-corrected chi connectivity index (χ2v) is 15.9. The van der Waals surface area contributed by atoms with E-state index < -0.39 is 0 Å². The molecule has 6 heteroatoms. The molecule has 0 amide bonds. The minimum Gasteiger partial charge on any atom is -0.456 e. The molecule has 4 heterocycles. The number of para-hydroxylation sites is 3. The van der Waals surface area contributed by atoms with E-state index in [-0.39, 0.29) is 0 Å². The van der Waals surface area contributed by atoms with Gasteiger partial charge in [0.1, 0.15) is 22.3 Å². The van der Waals surface area contributed by atoms with Gasteiger partial charge < -0.3 is 8.83 Å². The van der Waals surface area contributed by atoms with Gasteiger partial charge in [0.25, 0.3) is 0 Å². The van der Waals surface area contributed by atoms with Crippen molar-refractivity contribution in [3.8, 4) is 39.9 Å². The smallest absolute Gasteiger partial charge is 0.238 e. The highest BCUT2D eigenvalue weighted by Crippen LogP contribution is 2.44. The second kappa shape index (κ2) is 14.3. The fraction of sp³-hybridized carbons (Fsp3) is 0.0536. The molecule has 13 rings (SSSR count). The molecule has 294 valence electrons. The summed E-state index contributed by atoms with van der Waals surface area (Å²) in [5, 5.41) is 11.2. The van der Waals surface area contributed by atoms with Crippen LogP contribution < -0.4 is 0 Å². The minimum atomic E-state index is 0.518. The van der Waals surface area contributed by atoms with Crippen LogP contribution in [0.3, 0.4) is 0 Å². The molecule has 6 nitrogen and oxygen atoms in total. The van der Waals surface area contributed by atoms with E-state index in [4.69, 9.17) is 23.8 Å².